The number of aromatic nitrogens is 1. The summed E-state index contributed by atoms with van der Waals surface area (Å²) in [6, 6.07) is 30.6. The van der Waals surface area contributed by atoms with E-state index in [1.54, 1.807) is 11.8 Å². The molecular formula is C30H30N2O3S. The molecule has 184 valence electrons. The molecule has 3 aromatic carbocycles. The van der Waals surface area contributed by atoms with Crippen molar-refractivity contribution in [2.75, 3.05) is 5.75 Å². The summed E-state index contributed by atoms with van der Waals surface area (Å²) < 4.78 is 13.0. The van der Waals surface area contributed by atoms with Gasteiger partial charge in [0.15, 0.2) is 6.29 Å². The summed E-state index contributed by atoms with van der Waals surface area (Å²) in [5.41, 5.74) is 12.1. The second-order valence-corrected chi connectivity index (χ2v) is 9.90. The van der Waals surface area contributed by atoms with Gasteiger partial charge in [-0.25, -0.2) is 4.98 Å². The molecule has 0 unspecified atom stereocenters. The Labute approximate surface area is 216 Å². The molecule has 1 aliphatic heterocycles. The molecule has 6 heteroatoms. The minimum atomic E-state index is -0.492. The summed E-state index contributed by atoms with van der Waals surface area (Å²) in [5, 5.41) is 10.4. The Kier molecular flexibility index (Phi) is 8.11. The van der Waals surface area contributed by atoms with Crippen LogP contribution in [-0.4, -0.2) is 21.9 Å². The Morgan fingerprint density at radius 3 is 2.39 bits per heavy atom. The Bertz CT molecular complexity index is 1270. The molecule has 2 heterocycles. The zero-order valence-electron chi connectivity index (χ0n) is 20.0. The fourth-order valence-electron chi connectivity index (χ4n) is 4.38. The lowest BCUT2D eigenvalue weighted by Crippen LogP contribution is -2.31. The zero-order chi connectivity index (χ0) is 24.7. The maximum absolute atomic E-state index is 9.44. The molecule has 1 aromatic heterocycles. The van der Waals surface area contributed by atoms with Crippen molar-refractivity contribution in [3.63, 3.8) is 0 Å². The molecule has 5 nitrogen and oxygen atoms in total. The maximum atomic E-state index is 9.44. The summed E-state index contributed by atoms with van der Waals surface area (Å²) in [6.45, 7) is 0.535. The van der Waals surface area contributed by atoms with Crippen molar-refractivity contribution in [1.82, 2.24) is 4.98 Å². The first-order chi connectivity index (χ1) is 17.7. The minimum absolute atomic E-state index is 0.0116. The monoisotopic (exact) mass is 498 g/mol. The van der Waals surface area contributed by atoms with Gasteiger partial charge in [0.05, 0.1) is 23.8 Å². The summed E-state index contributed by atoms with van der Waals surface area (Å²) in [5.74, 6) is 0.778. The van der Waals surface area contributed by atoms with E-state index in [0.29, 0.717) is 6.54 Å². The van der Waals surface area contributed by atoms with Crippen LogP contribution < -0.4 is 5.73 Å². The lowest BCUT2D eigenvalue weighted by Gasteiger charge is -2.36. The molecule has 3 N–H and O–H groups in total. The first-order valence-electron chi connectivity index (χ1n) is 12.2. The molecule has 0 spiro atoms. The molecule has 0 bridgehead atoms. The SMILES string of the molecule is NCc1cccc(-c2cccc([C@@H]3O[C@H](CSc4ccccn4)C[C@H](c4ccc(CO)cc4)O3)c2)c1. The predicted octanol–water partition coefficient (Wildman–Crippen LogP) is 6.04. The number of benzene rings is 3. The lowest BCUT2D eigenvalue weighted by molar-refractivity contribution is -0.245. The third-order valence-corrected chi connectivity index (χ3v) is 7.40. The summed E-state index contributed by atoms with van der Waals surface area (Å²) in [4.78, 5) is 4.44. The van der Waals surface area contributed by atoms with Gasteiger partial charge in [-0.3, -0.25) is 0 Å². The van der Waals surface area contributed by atoms with Crippen LogP contribution in [0, 0.1) is 0 Å². The fourth-order valence-corrected chi connectivity index (χ4v) is 5.26. The number of aliphatic hydroxyl groups is 1. The van der Waals surface area contributed by atoms with E-state index in [2.05, 4.69) is 35.3 Å². The number of rotatable bonds is 8. The van der Waals surface area contributed by atoms with Gasteiger partial charge in [-0.15, -0.1) is 11.8 Å². The van der Waals surface area contributed by atoms with E-state index in [1.165, 1.54) is 0 Å². The van der Waals surface area contributed by atoms with Crippen molar-refractivity contribution in [3.8, 4) is 11.1 Å². The van der Waals surface area contributed by atoms with Crippen LogP contribution in [0.3, 0.4) is 0 Å². The minimum Gasteiger partial charge on any atom is -0.392 e. The van der Waals surface area contributed by atoms with E-state index >= 15 is 0 Å². The van der Waals surface area contributed by atoms with Crippen LogP contribution in [-0.2, 0) is 22.6 Å². The molecule has 5 rings (SSSR count). The van der Waals surface area contributed by atoms with Crippen LogP contribution in [0.5, 0.6) is 0 Å². The number of pyridine rings is 1. The number of nitrogens with zero attached hydrogens (tertiary/aromatic N) is 1. The van der Waals surface area contributed by atoms with Crippen molar-refractivity contribution >= 4 is 11.8 Å². The Balaban J connectivity index is 1.40. The van der Waals surface area contributed by atoms with Crippen molar-refractivity contribution < 1.29 is 14.6 Å². The van der Waals surface area contributed by atoms with Gasteiger partial charge >= 0.3 is 0 Å². The predicted molar refractivity (Wildman–Crippen MR) is 143 cm³/mol. The van der Waals surface area contributed by atoms with Crippen LogP contribution in [0.25, 0.3) is 11.1 Å². The number of nitrogens with two attached hydrogens (primary N) is 1. The summed E-state index contributed by atoms with van der Waals surface area (Å²) in [6.07, 6.45) is 1.94. The third-order valence-electron chi connectivity index (χ3n) is 6.32. The normalized spacial score (nSPS) is 19.8. The molecule has 0 aliphatic carbocycles. The van der Waals surface area contributed by atoms with Crippen LogP contribution in [0.4, 0.5) is 0 Å². The highest BCUT2D eigenvalue weighted by Crippen LogP contribution is 2.40. The topological polar surface area (TPSA) is 77.6 Å². The molecule has 0 radical (unpaired) electrons. The molecule has 1 fully saturated rings. The van der Waals surface area contributed by atoms with Gasteiger partial charge in [0.2, 0.25) is 0 Å². The van der Waals surface area contributed by atoms with Crippen molar-refractivity contribution in [3.05, 3.63) is 119 Å². The van der Waals surface area contributed by atoms with E-state index in [4.69, 9.17) is 15.2 Å². The van der Waals surface area contributed by atoms with Crippen molar-refractivity contribution in [2.45, 2.75) is 43.1 Å². The Hall–Kier alpha value is -3.00. The summed E-state index contributed by atoms with van der Waals surface area (Å²) >= 11 is 1.70. The van der Waals surface area contributed by atoms with E-state index < -0.39 is 6.29 Å². The van der Waals surface area contributed by atoms with E-state index in [-0.39, 0.29) is 18.8 Å². The standard InChI is InChI=1S/C30H30N2O3S/c31-18-22-5-3-6-24(15-22)25-7-4-8-26(16-25)30-34-27(20-36-29-9-1-2-14-32-29)17-28(35-30)23-12-10-21(19-33)11-13-23/h1-16,27-28,30,33H,17-20,31H2/t27-,28+,30+/m0/s1. The number of hydrogen-bond donors (Lipinski definition) is 2. The van der Waals surface area contributed by atoms with E-state index in [9.17, 15) is 5.11 Å². The molecule has 0 saturated carbocycles. The summed E-state index contributed by atoms with van der Waals surface area (Å²) in [7, 11) is 0. The van der Waals surface area contributed by atoms with Gasteiger partial charge in [0, 0.05) is 30.5 Å². The number of ether oxygens (including phenoxy) is 2. The molecule has 36 heavy (non-hydrogen) atoms. The average molecular weight is 499 g/mol. The van der Waals surface area contributed by atoms with Crippen LogP contribution in [0.1, 0.15) is 41.1 Å². The zero-order valence-corrected chi connectivity index (χ0v) is 20.8. The molecule has 0 amide bonds. The second-order valence-electron chi connectivity index (χ2n) is 8.86. The maximum Gasteiger partial charge on any atom is 0.184 e. The average Bonchev–Trinajstić information content (AvgIpc) is 2.96. The molecule has 1 saturated heterocycles. The van der Waals surface area contributed by atoms with Gasteiger partial charge in [0.1, 0.15) is 0 Å². The quantitative estimate of drug-likeness (QED) is 0.289. The third kappa shape index (κ3) is 6.03. The molecule has 1 aliphatic rings. The molecular weight excluding hydrogens is 468 g/mol. The van der Waals surface area contributed by atoms with Gasteiger partial charge in [-0.05, 0) is 52.1 Å². The highest BCUT2D eigenvalue weighted by molar-refractivity contribution is 7.99. The van der Waals surface area contributed by atoms with Crippen molar-refractivity contribution in [2.24, 2.45) is 5.73 Å². The first-order valence-corrected chi connectivity index (χ1v) is 13.1. The van der Waals surface area contributed by atoms with Gasteiger partial charge < -0.3 is 20.3 Å². The largest absolute Gasteiger partial charge is 0.392 e. The highest BCUT2D eigenvalue weighted by atomic mass is 32.2. The van der Waals surface area contributed by atoms with Gasteiger partial charge in [-0.2, -0.15) is 0 Å². The van der Waals surface area contributed by atoms with Crippen LogP contribution >= 0.6 is 11.8 Å². The Morgan fingerprint density at radius 2 is 1.64 bits per heavy atom. The number of hydrogen-bond acceptors (Lipinski definition) is 6. The van der Waals surface area contributed by atoms with Crippen LogP contribution in [0.15, 0.2) is 102 Å². The van der Waals surface area contributed by atoms with E-state index in [1.807, 2.05) is 66.9 Å². The highest BCUT2D eigenvalue weighted by Gasteiger charge is 2.32. The first kappa shape index (κ1) is 24.7. The smallest absolute Gasteiger partial charge is 0.184 e. The Morgan fingerprint density at radius 1 is 0.833 bits per heavy atom. The molecule has 4 aromatic rings. The van der Waals surface area contributed by atoms with Gasteiger partial charge in [-0.1, -0.05) is 66.7 Å². The lowest BCUT2D eigenvalue weighted by atomic mass is 9.99. The van der Waals surface area contributed by atoms with E-state index in [0.717, 1.165) is 50.6 Å². The number of aliphatic hydroxyl groups excluding tert-OH is 1. The second kappa shape index (κ2) is 11.8. The fraction of sp³-hybridized carbons (Fsp3) is 0.233. The van der Waals surface area contributed by atoms with Crippen molar-refractivity contribution in [1.29, 1.82) is 0 Å². The number of thioether (sulfide) groups is 1. The molecule has 3 atom stereocenters. The van der Waals surface area contributed by atoms with Crippen LogP contribution in [0.2, 0.25) is 0 Å². The van der Waals surface area contributed by atoms with Gasteiger partial charge in [0.25, 0.3) is 0 Å².